The van der Waals surface area contributed by atoms with Crippen molar-refractivity contribution in [1.29, 1.82) is 0 Å². The van der Waals surface area contributed by atoms with Crippen molar-refractivity contribution in [1.82, 2.24) is 0 Å². The average Bonchev–Trinajstić information content (AvgIpc) is 2.80. The van der Waals surface area contributed by atoms with Gasteiger partial charge in [0.05, 0.1) is 0 Å². The molecule has 0 amide bonds. The quantitative estimate of drug-likeness (QED) is 0.673. The number of esters is 1. The predicted octanol–water partition coefficient (Wildman–Crippen LogP) is 4.16. The SMILES string of the molecule is CC1(C)C2CC[C@]1(C)C(OC(=O)C=Cc1ccc(O)cc1)C2. The second kappa shape index (κ2) is 5.15. The molecule has 2 fully saturated rings. The maximum Gasteiger partial charge on any atom is 0.331 e. The van der Waals surface area contributed by atoms with E-state index in [2.05, 4.69) is 20.8 Å². The number of phenolic OH excluding ortho intramolecular Hbond substituents is 1. The first-order valence-electron chi connectivity index (χ1n) is 8.01. The van der Waals surface area contributed by atoms with Crippen LogP contribution in [0, 0.1) is 16.7 Å². The van der Waals surface area contributed by atoms with E-state index in [1.807, 2.05) is 0 Å². The summed E-state index contributed by atoms with van der Waals surface area (Å²) in [7, 11) is 0. The molecule has 2 aliphatic rings. The molecule has 0 spiro atoms. The highest BCUT2D eigenvalue weighted by Crippen LogP contribution is 2.66. The molecule has 0 heterocycles. The van der Waals surface area contributed by atoms with Gasteiger partial charge in [-0.05, 0) is 54.4 Å². The van der Waals surface area contributed by atoms with Gasteiger partial charge in [0, 0.05) is 11.5 Å². The molecule has 0 aliphatic heterocycles. The molecule has 1 aromatic carbocycles. The van der Waals surface area contributed by atoms with Gasteiger partial charge in [0.25, 0.3) is 0 Å². The molecule has 0 saturated heterocycles. The van der Waals surface area contributed by atoms with Crippen molar-refractivity contribution in [2.24, 2.45) is 16.7 Å². The smallest absolute Gasteiger partial charge is 0.331 e. The number of carbonyl (C=O) groups is 1. The third kappa shape index (κ3) is 2.33. The minimum Gasteiger partial charge on any atom is -0.508 e. The molecule has 3 heteroatoms. The molecule has 3 rings (SSSR count). The number of benzene rings is 1. The Morgan fingerprint density at radius 2 is 1.95 bits per heavy atom. The van der Waals surface area contributed by atoms with E-state index >= 15 is 0 Å². The molecule has 3 atom stereocenters. The van der Waals surface area contributed by atoms with E-state index < -0.39 is 0 Å². The van der Waals surface area contributed by atoms with Crippen LogP contribution in [0.25, 0.3) is 6.08 Å². The molecular formula is C19H24O3. The van der Waals surface area contributed by atoms with Gasteiger partial charge in [-0.15, -0.1) is 0 Å². The highest BCUT2D eigenvalue weighted by Gasteiger charge is 2.62. The fourth-order valence-corrected chi connectivity index (χ4v) is 4.24. The third-order valence-corrected chi connectivity index (χ3v) is 6.28. The summed E-state index contributed by atoms with van der Waals surface area (Å²) in [5.41, 5.74) is 1.22. The van der Waals surface area contributed by atoms with E-state index in [-0.39, 0.29) is 28.7 Å². The van der Waals surface area contributed by atoms with Crippen LogP contribution in [0.5, 0.6) is 5.75 Å². The van der Waals surface area contributed by atoms with Crippen molar-refractivity contribution in [3.05, 3.63) is 35.9 Å². The van der Waals surface area contributed by atoms with Crippen LogP contribution >= 0.6 is 0 Å². The summed E-state index contributed by atoms with van der Waals surface area (Å²) in [6.45, 7) is 6.89. The summed E-state index contributed by atoms with van der Waals surface area (Å²) in [6.07, 6.45) is 6.61. The zero-order valence-electron chi connectivity index (χ0n) is 13.5. The molecule has 2 bridgehead atoms. The molecule has 0 radical (unpaired) electrons. The number of phenols is 1. The van der Waals surface area contributed by atoms with Crippen molar-refractivity contribution in [3.8, 4) is 5.75 Å². The third-order valence-electron chi connectivity index (χ3n) is 6.28. The number of fused-ring (bicyclic) bond motifs is 2. The lowest BCUT2D eigenvalue weighted by Gasteiger charge is -2.38. The average molecular weight is 300 g/mol. The molecule has 118 valence electrons. The van der Waals surface area contributed by atoms with Crippen molar-refractivity contribution in [3.63, 3.8) is 0 Å². The minimum atomic E-state index is -0.275. The Bertz CT molecular complexity index is 600. The molecule has 3 nitrogen and oxygen atoms in total. The van der Waals surface area contributed by atoms with Gasteiger partial charge in [-0.25, -0.2) is 4.79 Å². The van der Waals surface area contributed by atoms with Crippen LogP contribution in [0.4, 0.5) is 0 Å². The predicted molar refractivity (Wildman–Crippen MR) is 86.2 cm³/mol. The van der Waals surface area contributed by atoms with Gasteiger partial charge in [0.15, 0.2) is 0 Å². The van der Waals surface area contributed by atoms with E-state index in [0.717, 1.165) is 18.4 Å². The topological polar surface area (TPSA) is 46.5 Å². The highest BCUT2D eigenvalue weighted by molar-refractivity contribution is 5.87. The number of rotatable bonds is 3. The van der Waals surface area contributed by atoms with Crippen LogP contribution < -0.4 is 0 Å². The summed E-state index contributed by atoms with van der Waals surface area (Å²) < 4.78 is 5.75. The van der Waals surface area contributed by atoms with Crippen molar-refractivity contribution >= 4 is 12.0 Å². The second-order valence-corrected chi connectivity index (χ2v) is 7.46. The lowest BCUT2D eigenvalue weighted by Crippen LogP contribution is -2.38. The Kier molecular flexibility index (Phi) is 3.54. The Hall–Kier alpha value is -1.77. The largest absolute Gasteiger partial charge is 0.508 e. The number of carbonyl (C=O) groups excluding carboxylic acids is 1. The zero-order chi connectivity index (χ0) is 16.0. The van der Waals surface area contributed by atoms with Crippen LogP contribution in [0.2, 0.25) is 0 Å². The molecule has 2 saturated carbocycles. The van der Waals surface area contributed by atoms with Crippen LogP contribution in [-0.4, -0.2) is 17.2 Å². The fourth-order valence-electron chi connectivity index (χ4n) is 4.24. The molecular weight excluding hydrogens is 276 g/mol. The molecule has 1 N–H and O–H groups in total. The summed E-state index contributed by atoms with van der Waals surface area (Å²) in [4.78, 5) is 12.1. The van der Waals surface area contributed by atoms with Gasteiger partial charge in [-0.1, -0.05) is 32.9 Å². The molecule has 2 aliphatic carbocycles. The van der Waals surface area contributed by atoms with Crippen LogP contribution in [0.3, 0.4) is 0 Å². The van der Waals surface area contributed by atoms with Crippen molar-refractivity contribution in [2.75, 3.05) is 0 Å². The molecule has 0 aromatic heterocycles. The summed E-state index contributed by atoms with van der Waals surface area (Å²) >= 11 is 0. The van der Waals surface area contributed by atoms with Gasteiger partial charge in [-0.2, -0.15) is 0 Å². The summed E-state index contributed by atoms with van der Waals surface area (Å²) in [5, 5.41) is 9.25. The standard InChI is InChI=1S/C19H24O3/c1-18(2)14-10-11-19(18,3)16(12-14)22-17(21)9-6-13-4-7-15(20)8-5-13/h4-9,14,16,20H,10-12H2,1-3H3/t14?,16?,19-/m1/s1. The Labute approximate surface area is 132 Å². The van der Waals surface area contributed by atoms with E-state index in [1.54, 1.807) is 30.3 Å². The van der Waals surface area contributed by atoms with Crippen molar-refractivity contribution in [2.45, 2.75) is 46.1 Å². The lowest BCUT2D eigenvalue weighted by atomic mass is 9.70. The molecule has 22 heavy (non-hydrogen) atoms. The Balaban J connectivity index is 1.65. The molecule has 2 unspecified atom stereocenters. The summed E-state index contributed by atoms with van der Waals surface area (Å²) in [5.74, 6) is 0.607. The Morgan fingerprint density at radius 1 is 1.27 bits per heavy atom. The second-order valence-electron chi connectivity index (χ2n) is 7.46. The number of aromatic hydroxyl groups is 1. The zero-order valence-corrected chi connectivity index (χ0v) is 13.5. The Morgan fingerprint density at radius 3 is 2.50 bits per heavy atom. The van der Waals surface area contributed by atoms with Gasteiger partial charge >= 0.3 is 5.97 Å². The maximum atomic E-state index is 12.1. The highest BCUT2D eigenvalue weighted by atomic mass is 16.5. The van der Waals surface area contributed by atoms with Crippen LogP contribution in [0.1, 0.15) is 45.6 Å². The van der Waals surface area contributed by atoms with E-state index in [4.69, 9.17) is 4.74 Å². The fraction of sp³-hybridized carbons (Fsp3) is 0.526. The van der Waals surface area contributed by atoms with Gasteiger partial charge in [0.1, 0.15) is 11.9 Å². The normalized spacial score (nSPS) is 32.5. The lowest BCUT2D eigenvalue weighted by molar-refractivity contribution is -0.150. The minimum absolute atomic E-state index is 0.0261. The summed E-state index contributed by atoms with van der Waals surface area (Å²) in [6, 6.07) is 6.73. The van der Waals surface area contributed by atoms with Crippen LogP contribution in [0.15, 0.2) is 30.3 Å². The first-order valence-corrected chi connectivity index (χ1v) is 8.01. The van der Waals surface area contributed by atoms with Gasteiger partial charge < -0.3 is 9.84 Å². The van der Waals surface area contributed by atoms with E-state index in [1.165, 1.54) is 12.5 Å². The maximum absolute atomic E-state index is 12.1. The van der Waals surface area contributed by atoms with Crippen molar-refractivity contribution < 1.29 is 14.6 Å². The number of hydrogen-bond donors (Lipinski definition) is 1. The van der Waals surface area contributed by atoms with Gasteiger partial charge in [0.2, 0.25) is 0 Å². The molecule has 1 aromatic rings. The van der Waals surface area contributed by atoms with E-state index in [0.29, 0.717) is 5.92 Å². The number of ether oxygens (including phenoxy) is 1. The monoisotopic (exact) mass is 300 g/mol. The number of hydrogen-bond acceptors (Lipinski definition) is 3. The first kappa shape index (κ1) is 15.1. The van der Waals surface area contributed by atoms with Gasteiger partial charge in [-0.3, -0.25) is 0 Å². The van der Waals surface area contributed by atoms with E-state index in [9.17, 15) is 9.90 Å². The first-order chi connectivity index (χ1) is 10.3. The van der Waals surface area contributed by atoms with Crippen LogP contribution in [-0.2, 0) is 9.53 Å².